The lowest BCUT2D eigenvalue weighted by Crippen LogP contribution is -2.41. The van der Waals surface area contributed by atoms with Crippen molar-refractivity contribution < 1.29 is 9.59 Å². The Hall–Kier alpha value is -3.45. The molecule has 3 aromatic rings. The molecule has 2 amide bonds. The molecule has 2 aromatic carbocycles. The average Bonchev–Trinajstić information content (AvgIpc) is 3.26. The first-order valence-corrected chi connectivity index (χ1v) is 12.9. The van der Waals surface area contributed by atoms with Crippen LogP contribution >= 0.6 is 0 Å². The lowest BCUT2D eigenvalue weighted by molar-refractivity contribution is -0.122. The van der Waals surface area contributed by atoms with Crippen molar-refractivity contribution in [2.24, 2.45) is 5.92 Å². The first kappa shape index (κ1) is 25.6. The predicted octanol–water partition coefficient (Wildman–Crippen LogP) is 4.53. The summed E-state index contributed by atoms with van der Waals surface area (Å²) in [6.07, 6.45) is 2.97. The Balaban J connectivity index is 1.26. The maximum absolute atomic E-state index is 12.7. The van der Waals surface area contributed by atoms with E-state index in [1.54, 1.807) is 0 Å². The molecule has 1 aliphatic heterocycles. The molecule has 4 rings (SSSR count). The number of nitrogens with zero attached hydrogens (tertiary/aromatic N) is 3. The average molecular weight is 488 g/mol. The van der Waals surface area contributed by atoms with Gasteiger partial charge in [-0.05, 0) is 80.1 Å². The number of piperidine rings is 1. The molecule has 0 bridgehead atoms. The quantitative estimate of drug-likeness (QED) is 0.465. The molecular weight excluding hydrogens is 450 g/mol. The molecule has 0 unspecified atom stereocenters. The van der Waals surface area contributed by atoms with Gasteiger partial charge in [0.2, 0.25) is 11.8 Å². The normalized spacial score (nSPS) is 14.7. The second kappa shape index (κ2) is 12.0. The van der Waals surface area contributed by atoms with Crippen molar-refractivity contribution in [1.82, 2.24) is 20.0 Å². The molecule has 2 heterocycles. The minimum Gasteiger partial charge on any atom is -0.349 e. The van der Waals surface area contributed by atoms with Gasteiger partial charge in [0.1, 0.15) is 0 Å². The summed E-state index contributed by atoms with van der Waals surface area (Å²) >= 11 is 0. The topological polar surface area (TPSA) is 79.3 Å². The maximum atomic E-state index is 12.7. The van der Waals surface area contributed by atoms with Crippen LogP contribution in [0.1, 0.15) is 56.5 Å². The molecule has 0 saturated carbocycles. The minimum atomic E-state index is -0.0603. The van der Waals surface area contributed by atoms with Crippen LogP contribution in [0.2, 0.25) is 0 Å². The van der Waals surface area contributed by atoms with Gasteiger partial charge in [-0.3, -0.25) is 14.5 Å². The summed E-state index contributed by atoms with van der Waals surface area (Å²) < 4.78 is 2.00. The molecule has 0 radical (unpaired) electrons. The summed E-state index contributed by atoms with van der Waals surface area (Å²) in [5, 5.41) is 10.7. The van der Waals surface area contributed by atoms with E-state index in [-0.39, 0.29) is 11.8 Å². The van der Waals surface area contributed by atoms with E-state index in [0.717, 1.165) is 55.1 Å². The number of carbonyl (C=O) groups excluding carboxylic acids is 2. The van der Waals surface area contributed by atoms with Gasteiger partial charge in [0.25, 0.3) is 0 Å². The van der Waals surface area contributed by atoms with E-state index in [9.17, 15) is 9.59 Å². The molecule has 0 atom stereocenters. The zero-order chi connectivity index (χ0) is 25.5. The Morgan fingerprint density at radius 1 is 1.03 bits per heavy atom. The lowest BCUT2D eigenvalue weighted by atomic mass is 9.89. The van der Waals surface area contributed by atoms with E-state index >= 15 is 0 Å². The Morgan fingerprint density at radius 2 is 1.72 bits per heavy atom. The first-order valence-electron chi connectivity index (χ1n) is 12.9. The van der Waals surface area contributed by atoms with Crippen LogP contribution in [0.3, 0.4) is 0 Å². The van der Waals surface area contributed by atoms with Crippen LogP contribution in [0.4, 0.5) is 5.69 Å². The van der Waals surface area contributed by atoms with Crippen molar-refractivity contribution in [2.75, 3.05) is 25.0 Å². The summed E-state index contributed by atoms with van der Waals surface area (Å²) in [5.74, 6) is 0.976. The van der Waals surface area contributed by atoms with Gasteiger partial charge in [-0.25, -0.2) is 4.68 Å². The number of aromatic nitrogens is 2. The minimum absolute atomic E-state index is 0.0350. The van der Waals surface area contributed by atoms with E-state index in [1.165, 1.54) is 12.5 Å². The molecule has 7 heteroatoms. The molecular formula is C29H37N5O2. The van der Waals surface area contributed by atoms with E-state index in [4.69, 9.17) is 5.10 Å². The highest BCUT2D eigenvalue weighted by Crippen LogP contribution is 2.28. The summed E-state index contributed by atoms with van der Waals surface area (Å²) in [4.78, 5) is 26.1. The number of anilines is 1. The standard InChI is InChI=1S/C29H37N5O2/c1-21(2)17-28-18-26(32-34(28)27-7-5-4-6-8-27)19-30-29(36)20-33-15-13-24(14-16-33)23-9-11-25(12-10-23)31-22(3)35/h4-12,18,21,24H,13-17,19-20H2,1-3H3,(H,30,36)(H,31,35). The van der Waals surface area contributed by atoms with Gasteiger partial charge in [0, 0.05) is 18.3 Å². The van der Waals surface area contributed by atoms with Crippen LogP contribution in [0, 0.1) is 5.92 Å². The van der Waals surface area contributed by atoms with Gasteiger partial charge >= 0.3 is 0 Å². The number of para-hydroxylation sites is 1. The van der Waals surface area contributed by atoms with Gasteiger partial charge in [-0.1, -0.05) is 44.2 Å². The third kappa shape index (κ3) is 7.04. The Kier molecular flexibility index (Phi) is 8.54. The fourth-order valence-corrected chi connectivity index (χ4v) is 4.83. The van der Waals surface area contributed by atoms with Crippen LogP contribution in [-0.2, 0) is 22.6 Å². The molecule has 1 fully saturated rings. The van der Waals surface area contributed by atoms with Crippen LogP contribution in [0.5, 0.6) is 0 Å². The number of benzene rings is 2. The summed E-state index contributed by atoms with van der Waals surface area (Å²) in [5.41, 5.74) is 5.19. The van der Waals surface area contributed by atoms with E-state index < -0.39 is 0 Å². The van der Waals surface area contributed by atoms with Crippen molar-refractivity contribution in [3.63, 3.8) is 0 Å². The lowest BCUT2D eigenvalue weighted by Gasteiger charge is -2.31. The first-order chi connectivity index (χ1) is 17.4. The number of likely N-dealkylation sites (tertiary alicyclic amines) is 1. The number of carbonyl (C=O) groups is 2. The van der Waals surface area contributed by atoms with Gasteiger partial charge in [0.15, 0.2) is 0 Å². The van der Waals surface area contributed by atoms with Gasteiger partial charge in [-0.15, -0.1) is 0 Å². The molecule has 0 spiro atoms. The third-order valence-electron chi connectivity index (χ3n) is 6.58. The molecule has 1 aliphatic rings. The zero-order valence-electron chi connectivity index (χ0n) is 21.5. The zero-order valence-corrected chi connectivity index (χ0v) is 21.5. The van der Waals surface area contributed by atoms with E-state index in [2.05, 4.69) is 59.7 Å². The van der Waals surface area contributed by atoms with Crippen molar-refractivity contribution in [3.05, 3.63) is 77.6 Å². The van der Waals surface area contributed by atoms with Crippen molar-refractivity contribution in [1.29, 1.82) is 0 Å². The van der Waals surface area contributed by atoms with Crippen LogP contribution in [0.15, 0.2) is 60.7 Å². The number of amides is 2. The third-order valence-corrected chi connectivity index (χ3v) is 6.58. The fraction of sp³-hybridized carbons (Fsp3) is 0.414. The summed E-state index contributed by atoms with van der Waals surface area (Å²) in [7, 11) is 0. The smallest absolute Gasteiger partial charge is 0.234 e. The van der Waals surface area contributed by atoms with Gasteiger partial charge < -0.3 is 10.6 Å². The van der Waals surface area contributed by atoms with Crippen molar-refractivity contribution in [3.8, 4) is 5.69 Å². The summed E-state index contributed by atoms with van der Waals surface area (Å²) in [6, 6.07) is 20.4. The highest BCUT2D eigenvalue weighted by Gasteiger charge is 2.22. The molecule has 1 saturated heterocycles. The maximum Gasteiger partial charge on any atom is 0.234 e. The number of rotatable bonds is 9. The van der Waals surface area contributed by atoms with Gasteiger partial charge in [0.05, 0.1) is 24.5 Å². The largest absolute Gasteiger partial charge is 0.349 e. The monoisotopic (exact) mass is 487 g/mol. The molecule has 7 nitrogen and oxygen atoms in total. The van der Waals surface area contributed by atoms with E-state index in [0.29, 0.717) is 24.9 Å². The highest BCUT2D eigenvalue weighted by molar-refractivity contribution is 5.88. The molecule has 2 N–H and O–H groups in total. The second-order valence-corrected chi connectivity index (χ2v) is 10.1. The fourth-order valence-electron chi connectivity index (χ4n) is 4.83. The molecule has 0 aliphatic carbocycles. The van der Waals surface area contributed by atoms with E-state index in [1.807, 2.05) is 35.0 Å². The molecule has 36 heavy (non-hydrogen) atoms. The number of hydrogen-bond acceptors (Lipinski definition) is 4. The van der Waals surface area contributed by atoms with Crippen molar-refractivity contribution >= 4 is 17.5 Å². The van der Waals surface area contributed by atoms with Crippen LogP contribution in [0.25, 0.3) is 5.69 Å². The highest BCUT2D eigenvalue weighted by atomic mass is 16.2. The number of hydrogen-bond donors (Lipinski definition) is 2. The number of nitrogens with one attached hydrogen (secondary N) is 2. The SMILES string of the molecule is CC(=O)Nc1ccc(C2CCN(CC(=O)NCc3cc(CC(C)C)n(-c4ccccc4)n3)CC2)cc1. The Bertz CT molecular complexity index is 1150. The second-order valence-electron chi connectivity index (χ2n) is 10.1. The van der Waals surface area contributed by atoms with Crippen LogP contribution in [-0.4, -0.2) is 46.1 Å². The summed E-state index contributed by atoms with van der Waals surface area (Å²) in [6.45, 7) is 8.55. The van der Waals surface area contributed by atoms with Gasteiger partial charge in [-0.2, -0.15) is 5.10 Å². The van der Waals surface area contributed by atoms with Crippen LogP contribution < -0.4 is 10.6 Å². The predicted molar refractivity (Wildman–Crippen MR) is 143 cm³/mol. The molecule has 190 valence electrons. The Morgan fingerprint density at radius 3 is 2.36 bits per heavy atom. The molecule has 1 aromatic heterocycles. The Labute approximate surface area is 213 Å². The van der Waals surface area contributed by atoms with Crippen molar-refractivity contribution in [2.45, 2.75) is 52.5 Å².